The summed E-state index contributed by atoms with van der Waals surface area (Å²) in [5, 5.41) is 37.0. The molecule has 38 heavy (non-hydrogen) atoms. The fourth-order valence-electron chi connectivity index (χ4n) is 3.96. The lowest BCUT2D eigenvalue weighted by atomic mass is 10.0. The first-order chi connectivity index (χ1) is 18.2. The van der Waals surface area contributed by atoms with Crippen molar-refractivity contribution in [2.75, 3.05) is 26.3 Å². The third-order valence-electron chi connectivity index (χ3n) is 5.94. The quantitative estimate of drug-likeness (QED) is 0.164. The van der Waals surface area contributed by atoms with Gasteiger partial charge in [0.15, 0.2) is 0 Å². The van der Waals surface area contributed by atoms with Crippen molar-refractivity contribution in [3.05, 3.63) is 64.7 Å². The van der Waals surface area contributed by atoms with Gasteiger partial charge >= 0.3 is 16.3 Å². The number of carbonyl (C=O) groups excluding carboxylic acids is 1. The molecule has 0 saturated heterocycles. The number of nitrogens with one attached hydrogen (secondary N) is 1. The van der Waals surface area contributed by atoms with Gasteiger partial charge in [0.1, 0.15) is 5.75 Å². The van der Waals surface area contributed by atoms with Crippen LogP contribution in [-0.4, -0.2) is 56.0 Å². The fourth-order valence-corrected chi connectivity index (χ4v) is 4.28. The second-order valence-electron chi connectivity index (χ2n) is 9.19. The zero-order valence-electron chi connectivity index (χ0n) is 21.7. The molecule has 2 aromatic rings. The van der Waals surface area contributed by atoms with Gasteiger partial charge in [-0.15, -0.1) is 0 Å². The van der Waals surface area contributed by atoms with E-state index < -0.39 is 22.4 Å². The third kappa shape index (κ3) is 13.3. The molecular formula is C27H40N2O8S. The van der Waals surface area contributed by atoms with Crippen molar-refractivity contribution < 1.29 is 37.5 Å². The van der Waals surface area contributed by atoms with Crippen molar-refractivity contribution in [2.45, 2.75) is 64.1 Å². The van der Waals surface area contributed by atoms with Gasteiger partial charge in [0.25, 0.3) is 0 Å². The van der Waals surface area contributed by atoms with Crippen molar-refractivity contribution in [3.8, 4) is 5.75 Å². The Bertz CT molecular complexity index is 1090. The molecule has 0 aromatic heterocycles. The highest BCUT2D eigenvalue weighted by Crippen LogP contribution is 2.22. The minimum Gasteiger partial charge on any atom is -0.508 e. The number of nitrogens with two attached hydrogens (primary N) is 1. The number of phenols is 1. The Balaban J connectivity index is 1.45. The second kappa shape index (κ2) is 17.1. The van der Waals surface area contributed by atoms with Gasteiger partial charge in [-0.2, -0.15) is 13.6 Å². The van der Waals surface area contributed by atoms with E-state index in [2.05, 4.69) is 9.50 Å². The molecule has 0 aliphatic carbocycles. The number of hydrogen-bond acceptors (Lipinski definition) is 9. The second-order valence-corrected chi connectivity index (χ2v) is 10.3. The van der Waals surface area contributed by atoms with Gasteiger partial charge in [-0.25, -0.2) is 0 Å². The number of rotatable bonds is 19. The molecule has 0 heterocycles. The van der Waals surface area contributed by atoms with Crippen LogP contribution in [0.1, 0.15) is 66.9 Å². The predicted octanol–water partition coefficient (Wildman–Crippen LogP) is 2.40. The van der Waals surface area contributed by atoms with Crippen LogP contribution in [0.15, 0.2) is 42.5 Å². The van der Waals surface area contributed by atoms with Crippen LogP contribution >= 0.6 is 0 Å². The molecule has 11 heteroatoms. The molecule has 0 aliphatic heterocycles. The summed E-state index contributed by atoms with van der Waals surface area (Å²) < 4.78 is 31.5. The number of aliphatic hydroxyl groups is 2. The van der Waals surface area contributed by atoms with Crippen molar-refractivity contribution >= 4 is 16.3 Å². The Kier molecular flexibility index (Phi) is 14.3. The first-order valence-electron chi connectivity index (χ1n) is 12.9. The Morgan fingerprint density at radius 1 is 0.974 bits per heavy atom. The van der Waals surface area contributed by atoms with E-state index in [1.54, 1.807) is 18.2 Å². The van der Waals surface area contributed by atoms with Crippen LogP contribution in [0, 0.1) is 0 Å². The van der Waals surface area contributed by atoms with E-state index in [0.717, 1.165) is 63.7 Å². The smallest absolute Gasteiger partial charge is 0.382 e. The first kappa shape index (κ1) is 31.7. The molecule has 0 unspecified atom stereocenters. The molecule has 6 N–H and O–H groups in total. The number of aromatic hydroxyl groups is 1. The average molecular weight is 553 g/mol. The van der Waals surface area contributed by atoms with Crippen LogP contribution in [0.2, 0.25) is 0 Å². The van der Waals surface area contributed by atoms with E-state index in [1.165, 1.54) is 6.07 Å². The van der Waals surface area contributed by atoms with E-state index >= 15 is 0 Å². The molecule has 0 saturated carbocycles. The van der Waals surface area contributed by atoms with Gasteiger partial charge in [-0.1, -0.05) is 43.2 Å². The number of aryl methyl sites for hydroxylation is 1. The topological polar surface area (TPSA) is 168 Å². The van der Waals surface area contributed by atoms with Gasteiger partial charge in [0.2, 0.25) is 0 Å². The Morgan fingerprint density at radius 2 is 1.68 bits per heavy atom. The van der Waals surface area contributed by atoms with Gasteiger partial charge < -0.3 is 29.6 Å². The predicted molar refractivity (Wildman–Crippen MR) is 143 cm³/mol. The number of aliphatic hydroxyl groups excluding tert-OH is 2. The zero-order valence-corrected chi connectivity index (χ0v) is 22.5. The monoisotopic (exact) mass is 552 g/mol. The minimum absolute atomic E-state index is 0.0239. The maximum absolute atomic E-state index is 11.6. The van der Waals surface area contributed by atoms with Gasteiger partial charge in [0, 0.05) is 25.3 Å². The molecular weight excluding hydrogens is 512 g/mol. The summed E-state index contributed by atoms with van der Waals surface area (Å²) in [7, 11) is -4.29. The Hall–Kier alpha value is -2.54. The van der Waals surface area contributed by atoms with Crippen molar-refractivity contribution in [2.24, 2.45) is 5.14 Å². The lowest BCUT2D eigenvalue weighted by Crippen LogP contribution is -2.22. The molecule has 2 aromatic carbocycles. The zero-order chi connectivity index (χ0) is 27.8. The molecule has 10 nitrogen and oxygen atoms in total. The van der Waals surface area contributed by atoms with Crippen LogP contribution in [0.3, 0.4) is 0 Å². The average Bonchev–Trinajstić information content (AvgIpc) is 2.86. The van der Waals surface area contributed by atoms with E-state index in [4.69, 9.17) is 9.88 Å². The minimum atomic E-state index is -4.29. The molecule has 212 valence electrons. The Morgan fingerprint density at radius 3 is 2.42 bits per heavy atom. The molecule has 0 spiro atoms. The summed E-state index contributed by atoms with van der Waals surface area (Å²) >= 11 is 0. The molecule has 0 radical (unpaired) electrons. The summed E-state index contributed by atoms with van der Waals surface area (Å²) in [5.74, 6) is -0.882. The van der Waals surface area contributed by atoms with Crippen LogP contribution in [-0.2, 0) is 43.5 Å². The third-order valence-corrected chi connectivity index (χ3v) is 6.36. The number of benzene rings is 2. The maximum Gasteiger partial charge on any atom is 0.382 e. The molecule has 2 rings (SSSR count). The van der Waals surface area contributed by atoms with Crippen molar-refractivity contribution in [1.82, 2.24) is 5.32 Å². The summed E-state index contributed by atoms with van der Waals surface area (Å²) in [5.41, 5.74) is 2.80. The lowest BCUT2D eigenvalue weighted by Gasteiger charge is -2.14. The summed E-state index contributed by atoms with van der Waals surface area (Å²) in [6.45, 7) is 2.36. The van der Waals surface area contributed by atoms with E-state index in [9.17, 15) is 28.5 Å². The summed E-state index contributed by atoms with van der Waals surface area (Å²) in [4.78, 5) is 11.6. The number of unbranched alkanes of at least 4 members (excludes halogenated alkanes) is 4. The van der Waals surface area contributed by atoms with Gasteiger partial charge in [0.05, 0.1) is 19.1 Å². The molecule has 1 atom stereocenters. The molecule has 0 bridgehead atoms. The number of ether oxygens (including phenoxy) is 1. The number of hydrogen-bond donors (Lipinski definition) is 5. The maximum atomic E-state index is 11.6. The standard InChI is InChI=1S/C27H40N2O8S/c28-38(34,35)37-27(33)17-22-10-7-9-21(16-22)8-3-6-15-36-14-5-2-1-4-13-29-19-26(32)23-11-12-25(31)24(18-23)20-30/h7,9-12,16,18,26,29-32H,1-6,8,13-15,17,19-20H2,(H2,28,34,35)/t26-/m0/s1. The van der Waals surface area contributed by atoms with Crippen molar-refractivity contribution in [1.29, 1.82) is 0 Å². The highest BCUT2D eigenvalue weighted by atomic mass is 32.2. The largest absolute Gasteiger partial charge is 0.508 e. The van der Waals surface area contributed by atoms with Crippen molar-refractivity contribution in [3.63, 3.8) is 0 Å². The molecule has 0 aliphatic rings. The van der Waals surface area contributed by atoms with E-state index in [1.807, 2.05) is 18.2 Å². The van der Waals surface area contributed by atoms with Gasteiger partial charge in [-0.05, 0) is 67.5 Å². The highest BCUT2D eigenvalue weighted by Gasteiger charge is 2.13. The SMILES string of the molecule is NS(=O)(=O)OC(=O)Cc1cccc(CCCCOCCCCCCNC[C@H](O)c2ccc(O)c(CO)c2)c1. The Labute approximate surface area is 225 Å². The summed E-state index contributed by atoms with van der Waals surface area (Å²) in [6, 6.07) is 12.1. The molecule has 0 amide bonds. The van der Waals surface area contributed by atoms with Crippen LogP contribution in [0.5, 0.6) is 5.75 Å². The van der Waals surface area contributed by atoms with Crippen LogP contribution in [0.4, 0.5) is 0 Å². The lowest BCUT2D eigenvalue weighted by molar-refractivity contribution is -0.133. The van der Waals surface area contributed by atoms with E-state index in [-0.39, 0.29) is 18.8 Å². The number of carbonyl (C=O) groups is 1. The normalized spacial score (nSPS) is 12.4. The van der Waals surface area contributed by atoms with Gasteiger partial charge in [-0.3, -0.25) is 4.79 Å². The van der Waals surface area contributed by atoms with Crippen LogP contribution in [0.25, 0.3) is 0 Å². The molecule has 0 fully saturated rings. The fraction of sp³-hybridized carbons (Fsp3) is 0.519. The highest BCUT2D eigenvalue weighted by molar-refractivity contribution is 7.84. The van der Waals surface area contributed by atoms with E-state index in [0.29, 0.717) is 29.8 Å². The summed E-state index contributed by atoms with van der Waals surface area (Å²) in [6.07, 6.45) is 5.98. The van der Waals surface area contributed by atoms with Crippen LogP contribution < -0.4 is 10.5 Å². The first-order valence-corrected chi connectivity index (χ1v) is 14.4.